The van der Waals surface area contributed by atoms with Crippen LogP contribution in [0.4, 0.5) is 15.8 Å². The van der Waals surface area contributed by atoms with E-state index in [0.29, 0.717) is 0 Å². The second-order valence-corrected chi connectivity index (χ2v) is 4.74. The summed E-state index contributed by atoms with van der Waals surface area (Å²) in [6.07, 6.45) is 0. The van der Waals surface area contributed by atoms with Crippen LogP contribution in [-0.2, 0) is 9.53 Å². The van der Waals surface area contributed by atoms with E-state index in [1.54, 1.807) is 0 Å². The standard InChI is InChI=1S/C16H13FN2O6/c1-24-10-6-7-11(12(17)8-10)16(21)25-9-15(20)18-13-4-2-3-5-14(13)19(22)23/h2-8H,9H2,1H3,(H,18,20). The van der Waals surface area contributed by atoms with Crippen molar-refractivity contribution in [2.24, 2.45) is 0 Å². The van der Waals surface area contributed by atoms with Crippen LogP contribution in [-0.4, -0.2) is 30.5 Å². The smallest absolute Gasteiger partial charge is 0.341 e. The van der Waals surface area contributed by atoms with Crippen LogP contribution in [0.2, 0.25) is 0 Å². The summed E-state index contributed by atoms with van der Waals surface area (Å²) >= 11 is 0. The maximum Gasteiger partial charge on any atom is 0.341 e. The van der Waals surface area contributed by atoms with Crippen molar-refractivity contribution in [3.05, 3.63) is 64.0 Å². The van der Waals surface area contributed by atoms with Crippen molar-refractivity contribution in [2.45, 2.75) is 0 Å². The lowest BCUT2D eigenvalue weighted by Gasteiger charge is -2.08. The van der Waals surface area contributed by atoms with Gasteiger partial charge in [-0.15, -0.1) is 0 Å². The summed E-state index contributed by atoms with van der Waals surface area (Å²) in [7, 11) is 1.35. The first-order valence-corrected chi connectivity index (χ1v) is 6.96. The molecule has 0 bridgehead atoms. The van der Waals surface area contributed by atoms with E-state index in [9.17, 15) is 24.1 Å². The minimum atomic E-state index is -1.04. The normalized spacial score (nSPS) is 10.0. The zero-order valence-electron chi connectivity index (χ0n) is 13.0. The molecule has 0 saturated carbocycles. The third kappa shape index (κ3) is 4.50. The molecule has 2 aromatic carbocycles. The summed E-state index contributed by atoms with van der Waals surface area (Å²) in [4.78, 5) is 33.8. The SMILES string of the molecule is COc1ccc(C(=O)OCC(=O)Nc2ccccc2[N+](=O)[O-])c(F)c1. The number of nitro groups is 1. The quantitative estimate of drug-likeness (QED) is 0.488. The van der Waals surface area contributed by atoms with E-state index in [2.05, 4.69) is 5.32 Å². The van der Waals surface area contributed by atoms with Crippen LogP contribution in [0.15, 0.2) is 42.5 Å². The van der Waals surface area contributed by atoms with Gasteiger partial charge in [-0.3, -0.25) is 14.9 Å². The number of methoxy groups -OCH3 is 1. The Kier molecular flexibility index (Phi) is 5.62. The summed E-state index contributed by atoms with van der Waals surface area (Å²) in [6.45, 7) is -0.726. The molecule has 0 aliphatic carbocycles. The number of halogens is 1. The fraction of sp³-hybridized carbons (Fsp3) is 0.125. The van der Waals surface area contributed by atoms with Gasteiger partial charge in [-0.2, -0.15) is 0 Å². The number of nitrogens with one attached hydrogen (secondary N) is 1. The highest BCUT2D eigenvalue weighted by atomic mass is 19.1. The van der Waals surface area contributed by atoms with E-state index in [1.807, 2.05) is 0 Å². The highest BCUT2D eigenvalue weighted by molar-refractivity contribution is 5.96. The largest absolute Gasteiger partial charge is 0.497 e. The van der Waals surface area contributed by atoms with Crippen molar-refractivity contribution in [2.75, 3.05) is 19.0 Å². The van der Waals surface area contributed by atoms with Gasteiger partial charge in [0.05, 0.1) is 17.6 Å². The molecule has 8 nitrogen and oxygen atoms in total. The predicted molar refractivity (Wildman–Crippen MR) is 85.0 cm³/mol. The van der Waals surface area contributed by atoms with Crippen molar-refractivity contribution in [3.63, 3.8) is 0 Å². The minimum absolute atomic E-state index is 0.0378. The van der Waals surface area contributed by atoms with E-state index in [-0.39, 0.29) is 22.7 Å². The van der Waals surface area contributed by atoms with Gasteiger partial charge in [-0.1, -0.05) is 12.1 Å². The summed E-state index contributed by atoms with van der Waals surface area (Å²) < 4.78 is 23.3. The van der Waals surface area contributed by atoms with Gasteiger partial charge in [0.25, 0.3) is 11.6 Å². The summed E-state index contributed by atoms with van der Waals surface area (Å²) in [6, 6.07) is 9.03. The molecule has 0 saturated heterocycles. The van der Waals surface area contributed by atoms with Gasteiger partial charge in [0.2, 0.25) is 0 Å². The average Bonchev–Trinajstić information content (AvgIpc) is 2.59. The number of esters is 1. The Hall–Kier alpha value is -3.49. The van der Waals surface area contributed by atoms with Gasteiger partial charge in [-0.25, -0.2) is 9.18 Å². The number of para-hydroxylation sites is 2. The minimum Gasteiger partial charge on any atom is -0.497 e. The van der Waals surface area contributed by atoms with Crippen LogP contribution in [0.25, 0.3) is 0 Å². The Morgan fingerprint density at radius 1 is 1.24 bits per heavy atom. The van der Waals surface area contributed by atoms with E-state index in [0.717, 1.165) is 12.1 Å². The molecule has 0 heterocycles. The Morgan fingerprint density at radius 2 is 1.96 bits per heavy atom. The predicted octanol–water partition coefficient (Wildman–Crippen LogP) is 2.54. The van der Waals surface area contributed by atoms with E-state index < -0.39 is 29.2 Å². The number of carbonyl (C=O) groups is 2. The molecule has 0 atom stereocenters. The second-order valence-electron chi connectivity index (χ2n) is 4.74. The number of anilines is 1. The van der Waals surface area contributed by atoms with Crippen LogP contribution in [0, 0.1) is 15.9 Å². The van der Waals surface area contributed by atoms with Crippen molar-refractivity contribution < 1.29 is 28.4 Å². The molecule has 0 fully saturated rings. The summed E-state index contributed by atoms with van der Waals surface area (Å²) in [5.74, 6) is -2.47. The number of hydrogen-bond acceptors (Lipinski definition) is 6. The van der Waals surface area contributed by atoms with Crippen molar-refractivity contribution in [1.82, 2.24) is 0 Å². The highest BCUT2D eigenvalue weighted by Crippen LogP contribution is 2.23. The number of benzene rings is 2. The first kappa shape index (κ1) is 17.9. The molecule has 0 aliphatic heterocycles. The third-order valence-corrected chi connectivity index (χ3v) is 3.11. The number of rotatable bonds is 6. The monoisotopic (exact) mass is 348 g/mol. The molecule has 1 amide bonds. The van der Waals surface area contributed by atoms with Crippen LogP contribution in [0.3, 0.4) is 0 Å². The van der Waals surface area contributed by atoms with Crippen molar-refractivity contribution in [3.8, 4) is 5.75 Å². The Balaban J connectivity index is 1.98. The first-order valence-electron chi connectivity index (χ1n) is 6.96. The van der Waals surface area contributed by atoms with E-state index in [4.69, 9.17) is 9.47 Å². The maximum atomic E-state index is 13.7. The first-order chi connectivity index (χ1) is 11.9. The van der Waals surface area contributed by atoms with Crippen LogP contribution in [0.5, 0.6) is 5.75 Å². The molecular formula is C16H13FN2O6. The molecule has 0 aromatic heterocycles. The van der Waals surface area contributed by atoms with E-state index >= 15 is 0 Å². The van der Waals surface area contributed by atoms with Crippen molar-refractivity contribution in [1.29, 1.82) is 0 Å². The molecule has 0 unspecified atom stereocenters. The molecule has 0 aliphatic rings. The third-order valence-electron chi connectivity index (χ3n) is 3.11. The lowest BCUT2D eigenvalue weighted by Crippen LogP contribution is -2.21. The lowest BCUT2D eigenvalue weighted by molar-refractivity contribution is -0.383. The Labute approximate surface area is 141 Å². The highest BCUT2D eigenvalue weighted by Gasteiger charge is 2.18. The molecular weight excluding hydrogens is 335 g/mol. The molecule has 0 spiro atoms. The number of hydrogen-bond donors (Lipinski definition) is 1. The van der Waals surface area contributed by atoms with Gasteiger partial charge in [-0.05, 0) is 18.2 Å². The molecule has 9 heteroatoms. The molecule has 2 aromatic rings. The average molecular weight is 348 g/mol. The van der Waals surface area contributed by atoms with Gasteiger partial charge >= 0.3 is 5.97 Å². The van der Waals surface area contributed by atoms with Gasteiger partial charge < -0.3 is 14.8 Å². The molecule has 25 heavy (non-hydrogen) atoms. The van der Waals surface area contributed by atoms with Crippen molar-refractivity contribution >= 4 is 23.3 Å². The molecule has 1 N–H and O–H groups in total. The van der Waals surface area contributed by atoms with Gasteiger partial charge in [0.15, 0.2) is 6.61 Å². The fourth-order valence-electron chi connectivity index (χ4n) is 1.92. The zero-order chi connectivity index (χ0) is 18.4. The molecule has 130 valence electrons. The van der Waals surface area contributed by atoms with Gasteiger partial charge in [0.1, 0.15) is 17.3 Å². The van der Waals surface area contributed by atoms with Crippen LogP contribution < -0.4 is 10.1 Å². The number of carbonyl (C=O) groups excluding carboxylic acids is 2. The fourth-order valence-corrected chi connectivity index (χ4v) is 1.92. The van der Waals surface area contributed by atoms with Crippen LogP contribution >= 0.6 is 0 Å². The molecule has 2 rings (SSSR count). The zero-order valence-corrected chi connectivity index (χ0v) is 13.0. The topological polar surface area (TPSA) is 108 Å². The Morgan fingerprint density at radius 3 is 2.60 bits per heavy atom. The van der Waals surface area contributed by atoms with E-state index in [1.165, 1.54) is 37.4 Å². The number of ether oxygens (including phenoxy) is 2. The Bertz CT molecular complexity index is 824. The van der Waals surface area contributed by atoms with Crippen LogP contribution in [0.1, 0.15) is 10.4 Å². The lowest BCUT2D eigenvalue weighted by atomic mass is 10.2. The number of amides is 1. The maximum absolute atomic E-state index is 13.7. The molecule has 0 radical (unpaired) electrons. The number of nitrogens with zero attached hydrogens (tertiary/aromatic N) is 1. The summed E-state index contributed by atoms with van der Waals surface area (Å²) in [5, 5.41) is 13.1. The summed E-state index contributed by atoms with van der Waals surface area (Å²) in [5.41, 5.74) is -0.702. The number of nitro benzene ring substituents is 1. The second kappa shape index (κ2) is 7.86. The van der Waals surface area contributed by atoms with Gasteiger partial charge in [0, 0.05) is 12.1 Å².